The highest BCUT2D eigenvalue weighted by atomic mass is 32.1. The molecule has 4 heteroatoms. The second-order valence-corrected chi connectivity index (χ2v) is 7.12. The number of piperidine rings is 1. The van der Waals surface area contributed by atoms with E-state index in [9.17, 15) is 0 Å². The number of thiazole rings is 1. The lowest BCUT2D eigenvalue weighted by Crippen LogP contribution is -2.54. The predicted octanol–water partition coefficient (Wildman–Crippen LogP) is 2.90. The zero-order valence-electron chi connectivity index (χ0n) is 12.3. The zero-order valence-corrected chi connectivity index (χ0v) is 13.1. The third-order valence-electron chi connectivity index (χ3n) is 4.90. The maximum Gasteiger partial charge on any atom is 0.113 e. The van der Waals surface area contributed by atoms with Crippen molar-refractivity contribution >= 4 is 11.3 Å². The number of nitrogens with zero attached hydrogens (tertiary/aromatic N) is 2. The molecule has 2 atom stereocenters. The zero-order chi connectivity index (χ0) is 13.5. The maximum absolute atomic E-state index is 4.82. The van der Waals surface area contributed by atoms with Gasteiger partial charge in [-0.3, -0.25) is 0 Å². The third kappa shape index (κ3) is 2.34. The molecule has 3 nitrogen and oxygen atoms in total. The van der Waals surface area contributed by atoms with Crippen LogP contribution < -0.4 is 5.32 Å². The largest absolute Gasteiger partial charge is 0.305 e. The first-order valence-corrected chi connectivity index (χ1v) is 8.42. The molecule has 1 aromatic rings. The van der Waals surface area contributed by atoms with Gasteiger partial charge in [0.05, 0.1) is 5.54 Å². The molecule has 3 rings (SSSR count). The van der Waals surface area contributed by atoms with Crippen LogP contribution in [0.4, 0.5) is 0 Å². The van der Waals surface area contributed by atoms with Gasteiger partial charge in [-0.25, -0.2) is 4.98 Å². The van der Waals surface area contributed by atoms with Crippen molar-refractivity contribution in [2.75, 3.05) is 13.6 Å². The summed E-state index contributed by atoms with van der Waals surface area (Å²) in [5.74, 6) is 0. The lowest BCUT2D eigenvalue weighted by Gasteiger charge is -2.45. The highest BCUT2D eigenvalue weighted by Gasteiger charge is 2.48. The molecule has 2 aliphatic rings. The second-order valence-electron chi connectivity index (χ2n) is 6.26. The van der Waals surface area contributed by atoms with Crippen LogP contribution >= 0.6 is 11.3 Å². The molecular weight excluding hydrogens is 254 g/mol. The van der Waals surface area contributed by atoms with Crippen LogP contribution in [0.25, 0.3) is 0 Å². The smallest absolute Gasteiger partial charge is 0.113 e. The molecule has 19 heavy (non-hydrogen) atoms. The van der Waals surface area contributed by atoms with Gasteiger partial charge in [-0.2, -0.15) is 0 Å². The van der Waals surface area contributed by atoms with Crippen LogP contribution in [0.3, 0.4) is 0 Å². The van der Waals surface area contributed by atoms with Gasteiger partial charge in [0, 0.05) is 23.2 Å². The second kappa shape index (κ2) is 5.15. The van der Waals surface area contributed by atoms with Crippen LogP contribution in [0.1, 0.15) is 49.7 Å². The monoisotopic (exact) mass is 279 g/mol. The standard InChI is InChI=1S/C15H25N3S/c1-4-7-16-15(14-17-11(2)10-19-14)8-12-5-6-13(9-15)18(12)3/h10,12-13,16H,4-9H2,1-3H3. The van der Waals surface area contributed by atoms with Gasteiger partial charge in [-0.05, 0) is 52.6 Å². The molecule has 0 aromatic carbocycles. The Hall–Kier alpha value is -0.450. The quantitative estimate of drug-likeness (QED) is 0.918. The first-order chi connectivity index (χ1) is 9.14. The van der Waals surface area contributed by atoms with Crippen molar-refractivity contribution in [3.8, 4) is 0 Å². The molecule has 0 spiro atoms. The Morgan fingerprint density at radius 3 is 2.63 bits per heavy atom. The Labute approximate surface area is 120 Å². The summed E-state index contributed by atoms with van der Waals surface area (Å²) >= 11 is 1.85. The van der Waals surface area contributed by atoms with E-state index in [4.69, 9.17) is 4.98 Å². The van der Waals surface area contributed by atoms with Crippen LogP contribution in [0.15, 0.2) is 5.38 Å². The number of aryl methyl sites for hydroxylation is 1. The van der Waals surface area contributed by atoms with Crippen LogP contribution in [0.2, 0.25) is 0 Å². The van der Waals surface area contributed by atoms with Crippen LogP contribution in [-0.2, 0) is 5.54 Å². The molecule has 3 heterocycles. The minimum absolute atomic E-state index is 0.146. The van der Waals surface area contributed by atoms with Crippen molar-refractivity contribution in [1.82, 2.24) is 15.2 Å². The lowest BCUT2D eigenvalue weighted by atomic mass is 9.83. The Kier molecular flexibility index (Phi) is 3.67. The van der Waals surface area contributed by atoms with Crippen molar-refractivity contribution < 1.29 is 0 Å². The summed E-state index contributed by atoms with van der Waals surface area (Å²) in [4.78, 5) is 7.42. The van der Waals surface area contributed by atoms with Gasteiger partial charge in [0.1, 0.15) is 5.01 Å². The highest BCUT2D eigenvalue weighted by molar-refractivity contribution is 7.09. The molecule has 2 saturated heterocycles. The van der Waals surface area contributed by atoms with Crippen LogP contribution in [-0.4, -0.2) is 35.6 Å². The number of fused-ring (bicyclic) bond motifs is 2. The summed E-state index contributed by atoms with van der Waals surface area (Å²) < 4.78 is 0. The molecule has 0 radical (unpaired) electrons. The van der Waals surface area contributed by atoms with Crippen molar-refractivity contribution in [2.45, 2.75) is 63.6 Å². The third-order valence-corrected chi connectivity index (χ3v) is 6.06. The Bertz CT molecular complexity index is 428. The van der Waals surface area contributed by atoms with Gasteiger partial charge in [0.25, 0.3) is 0 Å². The maximum atomic E-state index is 4.82. The number of nitrogens with one attached hydrogen (secondary N) is 1. The first kappa shape index (κ1) is 13.5. The first-order valence-electron chi connectivity index (χ1n) is 7.54. The van der Waals surface area contributed by atoms with E-state index in [1.165, 1.54) is 42.8 Å². The van der Waals surface area contributed by atoms with E-state index in [1.807, 2.05) is 11.3 Å². The molecule has 1 aromatic heterocycles. The summed E-state index contributed by atoms with van der Waals surface area (Å²) in [5, 5.41) is 7.38. The van der Waals surface area contributed by atoms with Gasteiger partial charge in [-0.15, -0.1) is 11.3 Å². The number of hydrogen-bond acceptors (Lipinski definition) is 4. The molecule has 0 amide bonds. The fourth-order valence-electron chi connectivity index (χ4n) is 3.80. The van der Waals surface area contributed by atoms with E-state index in [0.29, 0.717) is 0 Å². The topological polar surface area (TPSA) is 28.2 Å². The summed E-state index contributed by atoms with van der Waals surface area (Å²) in [5.41, 5.74) is 1.32. The average molecular weight is 279 g/mol. The van der Waals surface area contributed by atoms with Gasteiger partial charge in [0.15, 0.2) is 0 Å². The molecule has 1 N–H and O–H groups in total. The summed E-state index contributed by atoms with van der Waals surface area (Å²) in [7, 11) is 2.30. The lowest BCUT2D eigenvalue weighted by molar-refractivity contribution is 0.0887. The minimum Gasteiger partial charge on any atom is -0.305 e. The Morgan fingerprint density at radius 2 is 2.11 bits per heavy atom. The van der Waals surface area contributed by atoms with Gasteiger partial charge in [0.2, 0.25) is 0 Å². The number of rotatable bonds is 4. The Balaban J connectivity index is 1.90. The SMILES string of the molecule is CCCNC1(c2nc(C)cs2)CC2CCC(C1)N2C. The van der Waals surface area contributed by atoms with E-state index < -0.39 is 0 Å². The summed E-state index contributed by atoms with van der Waals surface area (Å²) in [6.45, 7) is 5.45. The fourth-order valence-corrected chi connectivity index (χ4v) is 4.80. The van der Waals surface area contributed by atoms with E-state index in [-0.39, 0.29) is 5.54 Å². The number of aromatic nitrogens is 1. The minimum atomic E-state index is 0.146. The van der Waals surface area contributed by atoms with E-state index in [2.05, 4.69) is 36.5 Å². The molecular formula is C15H25N3S. The molecule has 0 aliphatic carbocycles. The van der Waals surface area contributed by atoms with Gasteiger partial charge < -0.3 is 10.2 Å². The van der Waals surface area contributed by atoms with E-state index in [0.717, 1.165) is 18.6 Å². The summed E-state index contributed by atoms with van der Waals surface area (Å²) in [6.07, 6.45) is 6.37. The molecule has 2 unspecified atom stereocenters. The normalized spacial score (nSPS) is 34.9. The van der Waals surface area contributed by atoms with Crippen molar-refractivity contribution in [1.29, 1.82) is 0 Å². The van der Waals surface area contributed by atoms with E-state index >= 15 is 0 Å². The van der Waals surface area contributed by atoms with E-state index in [1.54, 1.807) is 0 Å². The molecule has 2 fully saturated rings. The van der Waals surface area contributed by atoms with Crippen molar-refractivity contribution in [2.24, 2.45) is 0 Å². The Morgan fingerprint density at radius 1 is 1.42 bits per heavy atom. The molecule has 0 saturated carbocycles. The molecule has 106 valence electrons. The average Bonchev–Trinajstić information content (AvgIpc) is 2.90. The molecule has 2 bridgehead atoms. The van der Waals surface area contributed by atoms with Crippen molar-refractivity contribution in [3.05, 3.63) is 16.1 Å². The number of hydrogen-bond donors (Lipinski definition) is 1. The van der Waals surface area contributed by atoms with Gasteiger partial charge in [-0.1, -0.05) is 6.92 Å². The van der Waals surface area contributed by atoms with Gasteiger partial charge >= 0.3 is 0 Å². The van der Waals surface area contributed by atoms with Crippen molar-refractivity contribution in [3.63, 3.8) is 0 Å². The summed E-state index contributed by atoms with van der Waals surface area (Å²) in [6, 6.07) is 1.49. The molecule has 2 aliphatic heterocycles. The fraction of sp³-hybridized carbons (Fsp3) is 0.800. The highest BCUT2D eigenvalue weighted by Crippen LogP contribution is 2.45. The van der Waals surface area contributed by atoms with Crippen LogP contribution in [0, 0.1) is 6.92 Å². The van der Waals surface area contributed by atoms with Crippen LogP contribution in [0.5, 0.6) is 0 Å². The predicted molar refractivity (Wildman–Crippen MR) is 80.6 cm³/mol.